The maximum atomic E-state index is 13.2. The standard InChI is InChI=1S/C26H22F3NO4S/c1-3-34-19-10-9-17(12-15(19)2)23(31)21-22(20-8-5-11-35-20)30(25(33)24(21)32)14-16-6-4-7-18(13-16)26(27,28)29/h4-13,22,31H,3,14H2,1-2H3/b23-21-. The van der Waals surface area contributed by atoms with E-state index < -0.39 is 29.5 Å². The summed E-state index contributed by atoms with van der Waals surface area (Å²) in [5.74, 6) is -1.49. The van der Waals surface area contributed by atoms with Gasteiger partial charge in [0.05, 0.1) is 23.8 Å². The summed E-state index contributed by atoms with van der Waals surface area (Å²) in [7, 11) is 0. The molecule has 1 amide bonds. The lowest BCUT2D eigenvalue weighted by atomic mass is 9.98. The number of alkyl halides is 3. The molecule has 182 valence electrons. The fraction of sp³-hybridized carbons (Fsp3) is 0.231. The molecule has 1 atom stereocenters. The zero-order valence-electron chi connectivity index (χ0n) is 18.9. The van der Waals surface area contributed by atoms with Gasteiger partial charge in [-0.1, -0.05) is 18.2 Å². The van der Waals surface area contributed by atoms with Crippen molar-refractivity contribution in [2.45, 2.75) is 32.6 Å². The molecule has 0 aliphatic carbocycles. The Morgan fingerprint density at radius 1 is 1.11 bits per heavy atom. The highest BCUT2D eigenvalue weighted by molar-refractivity contribution is 7.10. The largest absolute Gasteiger partial charge is 0.507 e. The van der Waals surface area contributed by atoms with Crippen LogP contribution in [0.4, 0.5) is 13.2 Å². The lowest BCUT2D eigenvalue weighted by Crippen LogP contribution is -2.29. The number of benzene rings is 2. The lowest BCUT2D eigenvalue weighted by molar-refractivity contribution is -0.140. The molecule has 2 aromatic carbocycles. The molecule has 0 spiro atoms. The second-order valence-electron chi connectivity index (χ2n) is 8.05. The first-order valence-electron chi connectivity index (χ1n) is 10.8. The average Bonchev–Trinajstić information content (AvgIpc) is 3.42. The molecule has 0 bridgehead atoms. The van der Waals surface area contributed by atoms with Crippen LogP contribution in [0.2, 0.25) is 0 Å². The van der Waals surface area contributed by atoms with Crippen LogP contribution in [0.15, 0.2) is 65.6 Å². The van der Waals surface area contributed by atoms with Crippen LogP contribution in [0.3, 0.4) is 0 Å². The first kappa shape index (κ1) is 24.5. The molecule has 1 N–H and O–H groups in total. The number of aryl methyl sites for hydroxylation is 1. The van der Waals surface area contributed by atoms with Gasteiger partial charge in [0.1, 0.15) is 11.5 Å². The average molecular weight is 502 g/mol. The Hall–Kier alpha value is -3.59. The minimum Gasteiger partial charge on any atom is -0.507 e. The van der Waals surface area contributed by atoms with Crippen LogP contribution in [0.1, 0.15) is 40.1 Å². The number of carbonyl (C=O) groups is 2. The smallest absolute Gasteiger partial charge is 0.416 e. The number of thiophene rings is 1. The summed E-state index contributed by atoms with van der Waals surface area (Å²) in [4.78, 5) is 28.0. The Bertz CT molecular complexity index is 1300. The van der Waals surface area contributed by atoms with Gasteiger partial charge in [-0.05, 0) is 66.8 Å². The van der Waals surface area contributed by atoms with Crippen molar-refractivity contribution in [2.24, 2.45) is 0 Å². The first-order valence-corrected chi connectivity index (χ1v) is 11.7. The maximum Gasteiger partial charge on any atom is 0.416 e. The number of aliphatic hydroxyl groups is 1. The fourth-order valence-corrected chi connectivity index (χ4v) is 4.94. The van der Waals surface area contributed by atoms with E-state index in [-0.39, 0.29) is 23.4 Å². The molecule has 9 heteroatoms. The number of likely N-dealkylation sites (tertiary alicyclic amines) is 1. The molecule has 1 unspecified atom stereocenters. The van der Waals surface area contributed by atoms with Crippen molar-refractivity contribution < 1.29 is 32.6 Å². The normalized spacial score (nSPS) is 17.7. The molecule has 1 aromatic heterocycles. The van der Waals surface area contributed by atoms with Crippen molar-refractivity contribution in [3.05, 3.63) is 92.7 Å². The van der Waals surface area contributed by atoms with Crippen molar-refractivity contribution in [3.8, 4) is 5.75 Å². The number of hydrogen-bond acceptors (Lipinski definition) is 5. The molecule has 2 heterocycles. The van der Waals surface area contributed by atoms with Crippen molar-refractivity contribution in [3.63, 3.8) is 0 Å². The lowest BCUT2D eigenvalue weighted by Gasteiger charge is -2.24. The Labute approximate surface area is 204 Å². The number of ketones is 1. The summed E-state index contributed by atoms with van der Waals surface area (Å²) in [5, 5.41) is 12.9. The molecular formula is C26H22F3NO4S. The molecule has 5 nitrogen and oxygen atoms in total. The highest BCUT2D eigenvalue weighted by Crippen LogP contribution is 2.42. The molecular weight excluding hydrogens is 479 g/mol. The van der Waals surface area contributed by atoms with E-state index in [1.807, 2.05) is 6.92 Å². The summed E-state index contributed by atoms with van der Waals surface area (Å²) in [6, 6.07) is 12.1. The van der Waals surface area contributed by atoms with Gasteiger partial charge >= 0.3 is 6.18 Å². The quantitative estimate of drug-likeness (QED) is 0.252. The molecule has 1 fully saturated rings. The summed E-state index contributed by atoms with van der Waals surface area (Å²) >= 11 is 1.28. The van der Waals surface area contributed by atoms with Gasteiger partial charge in [0.25, 0.3) is 11.7 Å². The molecule has 1 aliphatic rings. The van der Waals surface area contributed by atoms with Crippen molar-refractivity contribution >= 4 is 28.8 Å². The van der Waals surface area contributed by atoms with Crippen molar-refractivity contribution in [2.75, 3.05) is 6.61 Å². The van der Waals surface area contributed by atoms with Crippen LogP contribution >= 0.6 is 11.3 Å². The van der Waals surface area contributed by atoms with E-state index in [0.29, 0.717) is 22.8 Å². The molecule has 0 saturated carbocycles. The number of ether oxygens (including phenoxy) is 1. The molecule has 35 heavy (non-hydrogen) atoms. The van der Waals surface area contributed by atoms with Crippen LogP contribution in [-0.2, 0) is 22.3 Å². The van der Waals surface area contributed by atoms with E-state index in [2.05, 4.69) is 0 Å². The third-order valence-corrected chi connectivity index (χ3v) is 6.63. The number of nitrogens with zero attached hydrogens (tertiary/aromatic N) is 1. The first-order chi connectivity index (χ1) is 16.6. The van der Waals surface area contributed by atoms with Crippen LogP contribution < -0.4 is 4.74 Å². The van der Waals surface area contributed by atoms with Gasteiger partial charge in [0, 0.05) is 17.0 Å². The third-order valence-electron chi connectivity index (χ3n) is 5.71. The number of amides is 1. The van der Waals surface area contributed by atoms with E-state index in [1.54, 1.807) is 42.6 Å². The molecule has 1 saturated heterocycles. The van der Waals surface area contributed by atoms with Crippen LogP contribution in [-0.4, -0.2) is 28.3 Å². The minimum absolute atomic E-state index is 0.104. The van der Waals surface area contributed by atoms with Gasteiger partial charge in [0.15, 0.2) is 0 Å². The Kier molecular flexibility index (Phi) is 6.71. The van der Waals surface area contributed by atoms with E-state index in [9.17, 15) is 27.9 Å². The Morgan fingerprint density at radius 3 is 2.51 bits per heavy atom. The number of carbonyl (C=O) groups excluding carboxylic acids is 2. The van der Waals surface area contributed by atoms with Crippen LogP contribution in [0.25, 0.3) is 5.76 Å². The Morgan fingerprint density at radius 2 is 1.89 bits per heavy atom. The predicted molar refractivity (Wildman–Crippen MR) is 126 cm³/mol. The van der Waals surface area contributed by atoms with Gasteiger partial charge in [-0.25, -0.2) is 0 Å². The van der Waals surface area contributed by atoms with E-state index in [1.165, 1.54) is 28.4 Å². The fourth-order valence-electron chi connectivity index (χ4n) is 4.10. The molecule has 4 rings (SSSR count). The molecule has 0 radical (unpaired) electrons. The van der Waals surface area contributed by atoms with Crippen molar-refractivity contribution in [1.29, 1.82) is 0 Å². The van der Waals surface area contributed by atoms with Crippen LogP contribution in [0.5, 0.6) is 5.75 Å². The number of halogens is 3. The highest BCUT2D eigenvalue weighted by atomic mass is 32.1. The van der Waals surface area contributed by atoms with Gasteiger partial charge in [-0.3, -0.25) is 9.59 Å². The minimum atomic E-state index is -4.54. The van der Waals surface area contributed by atoms with Gasteiger partial charge in [-0.2, -0.15) is 13.2 Å². The zero-order valence-corrected chi connectivity index (χ0v) is 19.7. The number of rotatable bonds is 6. The second-order valence-corrected chi connectivity index (χ2v) is 9.03. The third kappa shape index (κ3) is 4.81. The number of aliphatic hydroxyl groups excluding tert-OH is 1. The maximum absolute atomic E-state index is 13.2. The number of hydrogen-bond donors (Lipinski definition) is 1. The number of Topliss-reactive ketones (excluding diaryl/α,β-unsaturated/α-hetero) is 1. The Balaban J connectivity index is 1.79. The van der Waals surface area contributed by atoms with Gasteiger partial charge < -0.3 is 14.7 Å². The predicted octanol–water partition coefficient (Wildman–Crippen LogP) is 6.10. The SMILES string of the molecule is CCOc1ccc(/C(O)=C2/C(=O)C(=O)N(Cc3cccc(C(F)(F)F)c3)C2c2cccs2)cc1C. The molecule has 1 aliphatic heterocycles. The highest BCUT2D eigenvalue weighted by Gasteiger charge is 2.46. The van der Waals surface area contributed by atoms with Gasteiger partial charge in [-0.15, -0.1) is 11.3 Å². The van der Waals surface area contributed by atoms with Crippen molar-refractivity contribution in [1.82, 2.24) is 4.90 Å². The van der Waals surface area contributed by atoms with E-state index in [0.717, 1.165) is 17.7 Å². The molecule has 3 aromatic rings. The zero-order chi connectivity index (χ0) is 25.3. The van der Waals surface area contributed by atoms with E-state index in [4.69, 9.17) is 4.74 Å². The summed E-state index contributed by atoms with van der Waals surface area (Å²) < 4.78 is 45.1. The topological polar surface area (TPSA) is 66.8 Å². The second kappa shape index (κ2) is 9.58. The van der Waals surface area contributed by atoms with Crippen LogP contribution in [0, 0.1) is 6.92 Å². The monoisotopic (exact) mass is 501 g/mol. The van der Waals surface area contributed by atoms with E-state index >= 15 is 0 Å². The summed E-state index contributed by atoms with van der Waals surface area (Å²) in [6.45, 7) is 3.88. The summed E-state index contributed by atoms with van der Waals surface area (Å²) in [6.07, 6.45) is -4.54. The summed E-state index contributed by atoms with van der Waals surface area (Å²) in [5.41, 5.74) is 0.351. The van der Waals surface area contributed by atoms with Gasteiger partial charge in [0.2, 0.25) is 0 Å².